The molecule has 2 nitrogen and oxygen atoms in total. The van der Waals surface area contributed by atoms with Crippen LogP contribution in [-0.4, -0.2) is 16.5 Å². The van der Waals surface area contributed by atoms with Gasteiger partial charge in [0.15, 0.2) is 0 Å². The van der Waals surface area contributed by atoms with Crippen molar-refractivity contribution < 1.29 is 9.90 Å². The summed E-state index contributed by atoms with van der Waals surface area (Å²) in [5.41, 5.74) is 0.922. The number of allylic oxidation sites excluding steroid dienone is 1. The molecule has 4 atom stereocenters. The zero-order valence-electron chi connectivity index (χ0n) is 14.9. The van der Waals surface area contributed by atoms with Crippen molar-refractivity contribution >= 4 is 5.78 Å². The standard InChI is InChI=1S/C20H32O2/c1-13(2)20(22)11-8-15-14(12-20)6-7-16-18(3,4)17(21)9-10-19(15,16)5/h12-13,15-16,22H,6-11H2,1-5H3/t15-,16-,19+,20+/m1/s1. The molecule has 3 rings (SSSR count). The fourth-order valence-corrected chi connectivity index (χ4v) is 5.83. The second kappa shape index (κ2) is 4.93. The number of carbonyl (C=O) groups is 1. The minimum Gasteiger partial charge on any atom is -0.386 e. The molecule has 2 saturated carbocycles. The lowest BCUT2D eigenvalue weighted by Gasteiger charge is -2.59. The predicted octanol–water partition coefficient (Wildman–Crippen LogP) is 4.52. The molecular weight excluding hydrogens is 272 g/mol. The highest BCUT2D eigenvalue weighted by Gasteiger charge is 2.57. The lowest BCUT2D eigenvalue weighted by atomic mass is 9.45. The molecule has 3 aliphatic carbocycles. The fourth-order valence-electron chi connectivity index (χ4n) is 5.83. The molecule has 0 bridgehead atoms. The number of hydrogen-bond acceptors (Lipinski definition) is 2. The Balaban J connectivity index is 1.97. The van der Waals surface area contributed by atoms with Crippen LogP contribution >= 0.6 is 0 Å². The van der Waals surface area contributed by atoms with Gasteiger partial charge in [0.2, 0.25) is 0 Å². The predicted molar refractivity (Wildman–Crippen MR) is 89.4 cm³/mol. The Morgan fingerprint density at radius 3 is 2.45 bits per heavy atom. The number of fused-ring (bicyclic) bond motifs is 3. The van der Waals surface area contributed by atoms with Crippen LogP contribution in [0.4, 0.5) is 0 Å². The van der Waals surface area contributed by atoms with Crippen molar-refractivity contribution in [3.8, 4) is 0 Å². The molecule has 0 aliphatic heterocycles. The maximum absolute atomic E-state index is 12.4. The number of carbonyl (C=O) groups excluding carboxylic acids is 1. The molecule has 0 radical (unpaired) electrons. The molecule has 0 aromatic carbocycles. The van der Waals surface area contributed by atoms with Gasteiger partial charge in [-0.1, -0.05) is 46.3 Å². The average Bonchev–Trinajstić information content (AvgIpc) is 2.43. The SMILES string of the molecule is CC(C)[C@@]1(O)C=C2CC[C@@H]3C(C)(C)C(=O)CC[C@@]3(C)[C@@H]2CC1. The van der Waals surface area contributed by atoms with Gasteiger partial charge in [-0.25, -0.2) is 0 Å². The van der Waals surface area contributed by atoms with Crippen LogP contribution in [0.25, 0.3) is 0 Å². The number of aliphatic hydroxyl groups is 1. The second-order valence-electron chi connectivity index (χ2n) is 9.20. The summed E-state index contributed by atoms with van der Waals surface area (Å²) in [6, 6.07) is 0. The van der Waals surface area contributed by atoms with E-state index in [1.54, 1.807) is 0 Å². The van der Waals surface area contributed by atoms with Gasteiger partial charge in [0.1, 0.15) is 5.78 Å². The van der Waals surface area contributed by atoms with Crippen LogP contribution in [0.1, 0.15) is 73.1 Å². The van der Waals surface area contributed by atoms with Gasteiger partial charge in [-0.3, -0.25) is 4.79 Å². The summed E-state index contributed by atoms with van der Waals surface area (Å²) in [5, 5.41) is 10.9. The lowest BCUT2D eigenvalue weighted by molar-refractivity contribution is -0.146. The maximum atomic E-state index is 12.4. The molecule has 22 heavy (non-hydrogen) atoms. The van der Waals surface area contributed by atoms with Crippen LogP contribution in [0.5, 0.6) is 0 Å². The second-order valence-corrected chi connectivity index (χ2v) is 9.20. The van der Waals surface area contributed by atoms with Gasteiger partial charge in [0.05, 0.1) is 5.60 Å². The van der Waals surface area contributed by atoms with Crippen LogP contribution < -0.4 is 0 Å². The summed E-state index contributed by atoms with van der Waals surface area (Å²) in [4.78, 5) is 12.4. The molecule has 0 saturated heterocycles. The first-order valence-electron chi connectivity index (χ1n) is 9.08. The fraction of sp³-hybridized carbons (Fsp3) is 0.850. The Hall–Kier alpha value is -0.630. The van der Waals surface area contributed by atoms with Crippen LogP contribution in [0.15, 0.2) is 11.6 Å². The first kappa shape index (κ1) is 16.2. The smallest absolute Gasteiger partial charge is 0.138 e. The summed E-state index contributed by atoms with van der Waals surface area (Å²) < 4.78 is 0. The molecule has 0 spiro atoms. The van der Waals surface area contributed by atoms with Crippen LogP contribution in [0, 0.1) is 28.6 Å². The minimum absolute atomic E-state index is 0.176. The third-order valence-electron chi connectivity index (χ3n) is 7.51. The average molecular weight is 304 g/mol. The van der Waals surface area contributed by atoms with Crippen LogP contribution in [0.2, 0.25) is 0 Å². The van der Waals surface area contributed by atoms with Crippen LogP contribution in [-0.2, 0) is 4.79 Å². The third kappa shape index (κ3) is 2.13. The van der Waals surface area contributed by atoms with Gasteiger partial charge >= 0.3 is 0 Å². The Morgan fingerprint density at radius 1 is 1.14 bits per heavy atom. The van der Waals surface area contributed by atoms with E-state index < -0.39 is 5.60 Å². The van der Waals surface area contributed by atoms with Crippen molar-refractivity contribution in [1.29, 1.82) is 0 Å². The quantitative estimate of drug-likeness (QED) is 0.723. The van der Waals surface area contributed by atoms with Gasteiger partial charge in [0.25, 0.3) is 0 Å². The first-order valence-corrected chi connectivity index (χ1v) is 9.08. The summed E-state index contributed by atoms with van der Waals surface area (Å²) in [6.07, 6.45) is 8.09. The molecule has 2 fully saturated rings. The van der Waals surface area contributed by atoms with Crippen molar-refractivity contribution in [3.63, 3.8) is 0 Å². The minimum atomic E-state index is -0.616. The Kier molecular flexibility index (Phi) is 3.64. The van der Waals surface area contributed by atoms with Crippen LogP contribution in [0.3, 0.4) is 0 Å². The van der Waals surface area contributed by atoms with E-state index in [-0.39, 0.29) is 16.7 Å². The Labute approximate surface area is 135 Å². The third-order valence-corrected chi connectivity index (χ3v) is 7.51. The van der Waals surface area contributed by atoms with Gasteiger partial charge < -0.3 is 5.11 Å². The molecule has 1 N–H and O–H groups in total. The maximum Gasteiger partial charge on any atom is 0.138 e. The summed E-state index contributed by atoms with van der Waals surface area (Å²) >= 11 is 0. The zero-order valence-corrected chi connectivity index (χ0v) is 14.9. The van der Waals surface area contributed by atoms with Gasteiger partial charge in [-0.2, -0.15) is 0 Å². The molecule has 0 unspecified atom stereocenters. The topological polar surface area (TPSA) is 37.3 Å². The molecular formula is C20H32O2. The normalized spacial score (nSPS) is 44.3. The van der Waals surface area contributed by atoms with E-state index in [1.807, 2.05) is 0 Å². The number of ketones is 1. The highest BCUT2D eigenvalue weighted by molar-refractivity contribution is 5.85. The summed E-state index contributed by atoms with van der Waals surface area (Å²) in [7, 11) is 0. The highest BCUT2D eigenvalue weighted by Crippen LogP contribution is 2.62. The number of hydrogen-bond donors (Lipinski definition) is 1. The molecule has 0 amide bonds. The van der Waals surface area contributed by atoms with E-state index in [4.69, 9.17) is 0 Å². The molecule has 2 heteroatoms. The van der Waals surface area contributed by atoms with Crippen molar-refractivity contribution in [2.75, 3.05) is 0 Å². The monoisotopic (exact) mass is 304 g/mol. The number of Topliss-reactive ketones (excluding diaryl/α,β-unsaturated/α-hetero) is 1. The number of rotatable bonds is 1. The molecule has 0 heterocycles. The summed E-state index contributed by atoms with van der Waals surface area (Å²) in [5.74, 6) is 1.79. The van der Waals surface area contributed by atoms with E-state index in [0.29, 0.717) is 17.6 Å². The largest absolute Gasteiger partial charge is 0.386 e. The van der Waals surface area contributed by atoms with E-state index in [0.717, 1.165) is 38.5 Å². The molecule has 0 aromatic rings. The lowest BCUT2D eigenvalue weighted by Crippen LogP contribution is -2.54. The first-order chi connectivity index (χ1) is 10.1. The van der Waals surface area contributed by atoms with Gasteiger partial charge in [-0.05, 0) is 55.3 Å². The molecule has 124 valence electrons. The Morgan fingerprint density at radius 2 is 1.82 bits per heavy atom. The van der Waals surface area contributed by atoms with E-state index in [9.17, 15) is 9.90 Å². The molecule has 0 aromatic heterocycles. The Bertz CT molecular complexity index is 516. The van der Waals surface area contributed by atoms with E-state index in [1.165, 1.54) is 5.57 Å². The van der Waals surface area contributed by atoms with Gasteiger partial charge in [0, 0.05) is 11.8 Å². The van der Waals surface area contributed by atoms with Crippen molar-refractivity contribution in [2.24, 2.45) is 28.6 Å². The van der Waals surface area contributed by atoms with E-state index in [2.05, 4.69) is 40.7 Å². The summed E-state index contributed by atoms with van der Waals surface area (Å²) in [6.45, 7) is 11.0. The molecule has 3 aliphatic rings. The van der Waals surface area contributed by atoms with Gasteiger partial charge in [-0.15, -0.1) is 0 Å². The van der Waals surface area contributed by atoms with Crippen molar-refractivity contribution in [2.45, 2.75) is 78.7 Å². The zero-order chi connectivity index (χ0) is 16.3. The highest BCUT2D eigenvalue weighted by atomic mass is 16.3. The van der Waals surface area contributed by atoms with Crippen molar-refractivity contribution in [1.82, 2.24) is 0 Å². The van der Waals surface area contributed by atoms with E-state index >= 15 is 0 Å². The van der Waals surface area contributed by atoms with Crippen molar-refractivity contribution in [3.05, 3.63) is 11.6 Å².